The van der Waals surface area contributed by atoms with Gasteiger partial charge in [0.1, 0.15) is 10.9 Å². The Morgan fingerprint density at radius 1 is 1.04 bits per heavy atom. The molecule has 1 N–H and O–H groups in total. The minimum atomic E-state index is -0.431. The first-order valence-corrected chi connectivity index (χ1v) is 8.68. The van der Waals surface area contributed by atoms with Crippen LogP contribution in [-0.4, -0.2) is 47.4 Å². The van der Waals surface area contributed by atoms with E-state index in [0.29, 0.717) is 27.2 Å². The number of nitrogens with zero attached hydrogens (tertiary/aromatic N) is 4. The predicted octanol–water partition coefficient (Wildman–Crippen LogP) is 2.93. The van der Waals surface area contributed by atoms with Crippen LogP contribution in [0, 0.1) is 0 Å². The van der Waals surface area contributed by atoms with E-state index in [0.717, 1.165) is 11.3 Å². The molecule has 3 aromatic rings. The van der Waals surface area contributed by atoms with Gasteiger partial charge in [0.25, 0.3) is 11.1 Å². The second kappa shape index (κ2) is 8.14. The van der Waals surface area contributed by atoms with Gasteiger partial charge in [-0.2, -0.15) is 0 Å². The minimum Gasteiger partial charge on any atom is -0.494 e. The van der Waals surface area contributed by atoms with Crippen molar-refractivity contribution in [2.45, 2.75) is 0 Å². The van der Waals surface area contributed by atoms with Crippen LogP contribution in [0.2, 0.25) is 5.15 Å². The zero-order valence-corrected chi connectivity index (χ0v) is 16.1. The lowest BCUT2D eigenvalue weighted by Crippen LogP contribution is -2.14. The number of carbonyl (C=O) groups excluding carboxylic acids is 1. The van der Waals surface area contributed by atoms with Crippen molar-refractivity contribution in [3.8, 4) is 28.0 Å². The normalized spacial score (nSPS) is 10.4. The van der Waals surface area contributed by atoms with Gasteiger partial charge in [-0.1, -0.05) is 16.7 Å². The molecule has 0 unspecified atom stereocenters. The highest BCUT2D eigenvalue weighted by atomic mass is 35.5. The fraction of sp³-hybridized carbons (Fsp3) is 0.188. The van der Waals surface area contributed by atoms with Crippen molar-refractivity contribution in [1.82, 2.24) is 20.2 Å². The number of hydrogen-bond acceptors (Lipinski definition) is 9. The second-order valence-electron chi connectivity index (χ2n) is 5.01. The Morgan fingerprint density at radius 2 is 1.85 bits per heavy atom. The molecule has 0 aliphatic carbocycles. The van der Waals surface area contributed by atoms with Crippen molar-refractivity contribution < 1.29 is 19.0 Å². The van der Waals surface area contributed by atoms with Crippen LogP contribution in [-0.2, 0) is 0 Å². The molecule has 3 aromatic heterocycles. The summed E-state index contributed by atoms with van der Waals surface area (Å²) in [5, 5.41) is 11.2. The van der Waals surface area contributed by atoms with E-state index in [4.69, 9.17) is 25.8 Å². The van der Waals surface area contributed by atoms with Gasteiger partial charge in [0.15, 0.2) is 0 Å². The van der Waals surface area contributed by atoms with Crippen molar-refractivity contribution in [3.63, 3.8) is 0 Å². The van der Waals surface area contributed by atoms with E-state index in [1.807, 2.05) is 0 Å². The Bertz CT molecular complexity index is 981. The molecule has 0 bridgehead atoms. The van der Waals surface area contributed by atoms with Crippen LogP contribution in [0.5, 0.6) is 16.8 Å². The third-order valence-corrected chi connectivity index (χ3v) is 4.48. The fourth-order valence-corrected chi connectivity index (χ4v) is 2.96. The van der Waals surface area contributed by atoms with Gasteiger partial charge < -0.3 is 14.2 Å². The van der Waals surface area contributed by atoms with Gasteiger partial charge in [0.05, 0.1) is 33.1 Å². The third kappa shape index (κ3) is 4.07. The Kier molecular flexibility index (Phi) is 5.67. The number of halogens is 1. The van der Waals surface area contributed by atoms with Crippen molar-refractivity contribution in [2.75, 3.05) is 26.6 Å². The smallest absolute Gasteiger partial charge is 0.295 e. The molecule has 0 aliphatic rings. The summed E-state index contributed by atoms with van der Waals surface area (Å²) in [5.74, 6) is 0.287. The van der Waals surface area contributed by atoms with Gasteiger partial charge in [-0.15, -0.1) is 5.10 Å². The third-order valence-electron chi connectivity index (χ3n) is 3.48. The summed E-state index contributed by atoms with van der Waals surface area (Å²) in [6.45, 7) is 0. The zero-order chi connectivity index (χ0) is 19.4. The molecule has 27 heavy (non-hydrogen) atoms. The predicted molar refractivity (Wildman–Crippen MR) is 100.0 cm³/mol. The van der Waals surface area contributed by atoms with E-state index >= 15 is 0 Å². The first-order chi connectivity index (χ1) is 13.0. The van der Waals surface area contributed by atoms with E-state index in [1.165, 1.54) is 39.8 Å². The molecule has 140 valence electrons. The van der Waals surface area contributed by atoms with Crippen molar-refractivity contribution >= 4 is 34.0 Å². The first kappa shape index (κ1) is 18.8. The monoisotopic (exact) mass is 407 g/mol. The summed E-state index contributed by atoms with van der Waals surface area (Å²) in [5.41, 5.74) is 1.34. The quantitative estimate of drug-likeness (QED) is 0.621. The van der Waals surface area contributed by atoms with Gasteiger partial charge in [0, 0.05) is 23.4 Å². The number of methoxy groups -OCH3 is 3. The molecule has 0 spiro atoms. The van der Waals surface area contributed by atoms with Gasteiger partial charge in [-0.25, -0.2) is 9.97 Å². The van der Waals surface area contributed by atoms with Crippen LogP contribution in [0.15, 0.2) is 24.5 Å². The van der Waals surface area contributed by atoms with E-state index in [9.17, 15) is 4.79 Å². The lowest BCUT2D eigenvalue weighted by Gasteiger charge is -2.13. The van der Waals surface area contributed by atoms with Crippen LogP contribution in [0.3, 0.4) is 0 Å². The van der Waals surface area contributed by atoms with Crippen LogP contribution >= 0.6 is 22.9 Å². The molecule has 0 atom stereocenters. The van der Waals surface area contributed by atoms with E-state index < -0.39 is 5.91 Å². The molecule has 9 nitrogen and oxygen atoms in total. The highest BCUT2D eigenvalue weighted by Gasteiger charge is 2.20. The molecule has 3 heterocycles. The number of nitrogens with one attached hydrogen (secondary N) is 1. The van der Waals surface area contributed by atoms with Gasteiger partial charge in [-0.05, 0) is 17.4 Å². The largest absolute Gasteiger partial charge is 0.494 e. The second-order valence-corrected chi connectivity index (χ2v) is 6.34. The molecule has 3 rings (SSSR count). The molecule has 0 saturated carbocycles. The molecular weight excluding hydrogens is 394 g/mol. The average molecular weight is 408 g/mol. The van der Waals surface area contributed by atoms with Crippen molar-refractivity contribution in [3.05, 3.63) is 35.2 Å². The van der Waals surface area contributed by atoms with Crippen LogP contribution in [0.4, 0.5) is 5.13 Å². The maximum atomic E-state index is 12.9. The summed E-state index contributed by atoms with van der Waals surface area (Å²) in [6.07, 6.45) is 2.97. The summed E-state index contributed by atoms with van der Waals surface area (Å²) in [4.78, 5) is 21.0. The SMILES string of the molecule is COc1cc(C(=O)Nc2nnc(OC)s2)c(-c2cc(Cl)ncc2OC)cn1. The molecule has 0 aliphatic heterocycles. The highest BCUT2D eigenvalue weighted by molar-refractivity contribution is 7.17. The zero-order valence-electron chi connectivity index (χ0n) is 14.5. The molecular formula is C16H14ClN5O4S. The topological polar surface area (TPSA) is 108 Å². The van der Waals surface area contributed by atoms with Gasteiger partial charge in [0.2, 0.25) is 11.0 Å². The number of pyridine rings is 2. The maximum absolute atomic E-state index is 12.9. The number of aromatic nitrogens is 4. The van der Waals surface area contributed by atoms with Gasteiger partial charge >= 0.3 is 0 Å². The molecule has 0 radical (unpaired) electrons. The molecule has 11 heteroatoms. The molecule has 1 amide bonds. The fourth-order valence-electron chi connectivity index (χ4n) is 2.25. The number of rotatable bonds is 6. The Balaban J connectivity index is 2.05. The summed E-state index contributed by atoms with van der Waals surface area (Å²) in [6, 6.07) is 3.10. The van der Waals surface area contributed by atoms with Gasteiger partial charge in [-0.3, -0.25) is 10.1 Å². The lowest BCUT2D eigenvalue weighted by molar-refractivity contribution is 0.102. The molecule has 0 aromatic carbocycles. The number of anilines is 1. The summed E-state index contributed by atoms with van der Waals surface area (Å²) in [7, 11) is 4.43. The molecule has 0 fully saturated rings. The van der Waals surface area contributed by atoms with Crippen LogP contribution in [0.25, 0.3) is 11.1 Å². The van der Waals surface area contributed by atoms with E-state index in [-0.39, 0.29) is 16.6 Å². The number of hydrogen-bond donors (Lipinski definition) is 1. The maximum Gasteiger partial charge on any atom is 0.295 e. The summed E-state index contributed by atoms with van der Waals surface area (Å²) < 4.78 is 15.5. The van der Waals surface area contributed by atoms with E-state index in [1.54, 1.807) is 6.07 Å². The number of ether oxygens (including phenoxy) is 3. The highest BCUT2D eigenvalue weighted by Crippen LogP contribution is 2.34. The standard InChI is InChI=1S/C16H14ClN5O4S/c1-24-11-7-18-12(17)4-8(11)10-6-19-13(25-2)5-9(10)14(23)20-15-21-22-16(26-3)27-15/h4-7H,1-3H3,(H,20,21,23). The van der Waals surface area contributed by atoms with Crippen LogP contribution < -0.4 is 19.5 Å². The Labute approximate surface area is 163 Å². The molecule has 0 saturated heterocycles. The Hall–Kier alpha value is -2.98. The van der Waals surface area contributed by atoms with Crippen molar-refractivity contribution in [1.29, 1.82) is 0 Å². The van der Waals surface area contributed by atoms with E-state index in [2.05, 4.69) is 25.5 Å². The minimum absolute atomic E-state index is 0.252. The number of amides is 1. The lowest BCUT2D eigenvalue weighted by atomic mass is 10.0. The average Bonchev–Trinajstić information content (AvgIpc) is 3.15. The first-order valence-electron chi connectivity index (χ1n) is 7.48. The summed E-state index contributed by atoms with van der Waals surface area (Å²) >= 11 is 7.12. The van der Waals surface area contributed by atoms with Crippen molar-refractivity contribution in [2.24, 2.45) is 0 Å². The number of carbonyl (C=O) groups is 1. The van der Waals surface area contributed by atoms with Crippen LogP contribution in [0.1, 0.15) is 10.4 Å². The Morgan fingerprint density at radius 3 is 2.52 bits per heavy atom.